The highest BCUT2D eigenvalue weighted by molar-refractivity contribution is 7.80. The molecule has 1 saturated carbocycles. The van der Waals surface area contributed by atoms with Gasteiger partial charge in [-0.25, -0.2) is 0 Å². The summed E-state index contributed by atoms with van der Waals surface area (Å²) >= 11 is 5.61. The van der Waals surface area contributed by atoms with Gasteiger partial charge < -0.3 is 15.0 Å². The molecule has 0 aromatic heterocycles. The monoisotopic (exact) mass is 395 g/mol. The molecule has 28 heavy (non-hydrogen) atoms. The van der Waals surface area contributed by atoms with Crippen molar-refractivity contribution in [2.45, 2.75) is 31.3 Å². The van der Waals surface area contributed by atoms with E-state index in [0.29, 0.717) is 16.5 Å². The zero-order valence-electron chi connectivity index (χ0n) is 15.5. The molecule has 1 N–H and O–H groups in total. The van der Waals surface area contributed by atoms with Gasteiger partial charge in [-0.3, -0.25) is 14.5 Å². The zero-order chi connectivity index (χ0) is 19.7. The average Bonchev–Trinajstić information content (AvgIpc) is 3.50. The Morgan fingerprint density at radius 1 is 1.14 bits per heavy atom. The lowest BCUT2D eigenvalue weighted by molar-refractivity contribution is -0.124. The van der Waals surface area contributed by atoms with E-state index in [-0.39, 0.29) is 24.3 Å². The number of thiocarbonyl (C=S) groups is 1. The fourth-order valence-corrected chi connectivity index (χ4v) is 3.91. The lowest BCUT2D eigenvalue weighted by Crippen LogP contribution is -2.39. The number of para-hydroxylation sites is 1. The van der Waals surface area contributed by atoms with E-state index in [9.17, 15) is 9.59 Å². The number of methoxy groups -OCH3 is 1. The standard InChI is InChI=1S/C21H21N3O3S/c1-27-17-11-7-14(8-12-17)22-19(25)13-18-20(26)24(15-5-3-2-4-6-15)21(28)23(18)16-9-10-16/h2-8,11-12,16,18H,9-10,13H2,1H3,(H,22,25)/t18-/m1/s1. The molecule has 1 aliphatic heterocycles. The van der Waals surface area contributed by atoms with Crippen LogP contribution in [0.1, 0.15) is 19.3 Å². The van der Waals surface area contributed by atoms with Crippen LogP contribution in [0.4, 0.5) is 11.4 Å². The van der Waals surface area contributed by atoms with Crippen molar-refractivity contribution in [3.63, 3.8) is 0 Å². The Bertz CT molecular complexity index is 897. The number of rotatable bonds is 6. The normalized spacial score (nSPS) is 19.1. The summed E-state index contributed by atoms with van der Waals surface area (Å²) < 4.78 is 5.12. The summed E-state index contributed by atoms with van der Waals surface area (Å²) in [6.45, 7) is 0. The van der Waals surface area contributed by atoms with Crippen LogP contribution in [0.15, 0.2) is 54.6 Å². The van der Waals surface area contributed by atoms with Crippen molar-refractivity contribution in [2.75, 3.05) is 17.3 Å². The fourth-order valence-electron chi connectivity index (χ4n) is 3.44. The first-order valence-corrected chi connectivity index (χ1v) is 9.64. The van der Waals surface area contributed by atoms with Gasteiger partial charge in [-0.05, 0) is 61.5 Å². The van der Waals surface area contributed by atoms with Crippen molar-refractivity contribution in [3.8, 4) is 5.75 Å². The van der Waals surface area contributed by atoms with Crippen LogP contribution in [0.2, 0.25) is 0 Å². The molecule has 2 aliphatic rings. The van der Waals surface area contributed by atoms with Crippen molar-refractivity contribution >= 4 is 40.5 Å². The molecule has 0 radical (unpaired) electrons. The summed E-state index contributed by atoms with van der Waals surface area (Å²) in [4.78, 5) is 29.3. The van der Waals surface area contributed by atoms with E-state index >= 15 is 0 Å². The molecule has 1 aliphatic carbocycles. The highest BCUT2D eigenvalue weighted by Gasteiger charge is 2.49. The Kier molecular flexibility index (Phi) is 5.00. The second-order valence-corrected chi connectivity index (χ2v) is 7.29. The first kappa shape index (κ1) is 18.4. The van der Waals surface area contributed by atoms with Crippen molar-refractivity contribution < 1.29 is 14.3 Å². The highest BCUT2D eigenvalue weighted by Crippen LogP contribution is 2.36. The van der Waals surface area contributed by atoms with Gasteiger partial charge in [0.25, 0.3) is 5.91 Å². The minimum absolute atomic E-state index is 0.0604. The summed E-state index contributed by atoms with van der Waals surface area (Å²) in [5, 5.41) is 3.34. The van der Waals surface area contributed by atoms with E-state index in [0.717, 1.165) is 18.5 Å². The maximum Gasteiger partial charge on any atom is 0.256 e. The van der Waals surface area contributed by atoms with Gasteiger partial charge in [0.1, 0.15) is 11.8 Å². The van der Waals surface area contributed by atoms with Gasteiger partial charge >= 0.3 is 0 Å². The van der Waals surface area contributed by atoms with Gasteiger partial charge in [0.05, 0.1) is 19.2 Å². The molecule has 0 spiro atoms. The second kappa shape index (κ2) is 7.59. The van der Waals surface area contributed by atoms with Crippen molar-refractivity contribution in [2.24, 2.45) is 0 Å². The molecule has 6 nitrogen and oxygen atoms in total. The third kappa shape index (κ3) is 3.57. The van der Waals surface area contributed by atoms with E-state index < -0.39 is 6.04 Å². The highest BCUT2D eigenvalue weighted by atomic mass is 32.1. The first-order chi connectivity index (χ1) is 13.6. The molecule has 1 heterocycles. The number of anilines is 2. The van der Waals surface area contributed by atoms with Crippen LogP contribution >= 0.6 is 12.2 Å². The van der Waals surface area contributed by atoms with Crippen LogP contribution in [-0.2, 0) is 9.59 Å². The minimum atomic E-state index is -0.571. The van der Waals surface area contributed by atoms with Gasteiger partial charge in [-0.1, -0.05) is 18.2 Å². The quantitative estimate of drug-likeness (QED) is 0.761. The molecule has 2 aromatic rings. The van der Waals surface area contributed by atoms with Crippen LogP contribution in [-0.4, -0.2) is 41.0 Å². The topological polar surface area (TPSA) is 61.9 Å². The molecule has 2 fully saturated rings. The molecule has 4 rings (SSSR count). The molecule has 2 aromatic carbocycles. The number of carbonyl (C=O) groups excluding carboxylic acids is 2. The SMILES string of the molecule is COc1ccc(NC(=O)C[C@@H]2C(=O)N(c3ccccc3)C(=S)N2C2CC2)cc1. The van der Waals surface area contributed by atoms with E-state index in [2.05, 4.69) is 5.32 Å². The van der Waals surface area contributed by atoms with Crippen molar-refractivity contribution in [1.82, 2.24) is 4.90 Å². The molecule has 1 saturated heterocycles. The van der Waals surface area contributed by atoms with Crippen LogP contribution < -0.4 is 15.0 Å². The molecular formula is C21H21N3O3S. The van der Waals surface area contributed by atoms with Gasteiger partial charge in [-0.15, -0.1) is 0 Å². The molecule has 0 unspecified atom stereocenters. The third-order valence-corrected chi connectivity index (χ3v) is 5.35. The molecule has 2 amide bonds. The Morgan fingerprint density at radius 3 is 2.43 bits per heavy atom. The number of carbonyl (C=O) groups is 2. The summed E-state index contributed by atoms with van der Waals surface area (Å²) in [5.41, 5.74) is 1.40. The predicted molar refractivity (Wildman–Crippen MR) is 111 cm³/mol. The van der Waals surface area contributed by atoms with Crippen molar-refractivity contribution in [1.29, 1.82) is 0 Å². The van der Waals surface area contributed by atoms with E-state index in [4.69, 9.17) is 17.0 Å². The van der Waals surface area contributed by atoms with E-state index in [1.54, 1.807) is 36.3 Å². The smallest absolute Gasteiger partial charge is 0.256 e. The molecule has 7 heteroatoms. The second-order valence-electron chi connectivity index (χ2n) is 6.93. The molecule has 144 valence electrons. The maximum absolute atomic E-state index is 13.1. The molecular weight excluding hydrogens is 374 g/mol. The first-order valence-electron chi connectivity index (χ1n) is 9.23. The summed E-state index contributed by atoms with van der Waals surface area (Å²) in [5.74, 6) is 0.354. The van der Waals surface area contributed by atoms with E-state index in [1.165, 1.54) is 0 Å². The van der Waals surface area contributed by atoms with Crippen LogP contribution in [0.3, 0.4) is 0 Å². The van der Waals surface area contributed by atoms with Crippen LogP contribution in [0, 0.1) is 0 Å². The Labute approximate surface area is 169 Å². The van der Waals surface area contributed by atoms with Crippen molar-refractivity contribution in [3.05, 3.63) is 54.6 Å². The maximum atomic E-state index is 13.1. The number of ether oxygens (including phenoxy) is 1. The van der Waals surface area contributed by atoms with Crippen LogP contribution in [0.5, 0.6) is 5.75 Å². The largest absolute Gasteiger partial charge is 0.497 e. The number of nitrogens with zero attached hydrogens (tertiary/aromatic N) is 2. The Hall–Kier alpha value is -2.93. The summed E-state index contributed by atoms with van der Waals surface area (Å²) in [6, 6.07) is 16.1. The summed E-state index contributed by atoms with van der Waals surface area (Å²) in [6.07, 6.45) is 2.05. The summed E-state index contributed by atoms with van der Waals surface area (Å²) in [7, 11) is 1.59. The van der Waals surface area contributed by atoms with Gasteiger partial charge in [0, 0.05) is 11.7 Å². The minimum Gasteiger partial charge on any atom is -0.497 e. The number of hydrogen-bond acceptors (Lipinski definition) is 4. The number of amides is 2. The van der Waals surface area contributed by atoms with Crippen LogP contribution in [0.25, 0.3) is 0 Å². The van der Waals surface area contributed by atoms with E-state index in [1.807, 2.05) is 35.2 Å². The predicted octanol–water partition coefficient (Wildman–Crippen LogP) is 3.19. The fraction of sp³-hybridized carbons (Fsp3) is 0.286. The van der Waals surface area contributed by atoms with Gasteiger partial charge in [-0.2, -0.15) is 0 Å². The van der Waals surface area contributed by atoms with Gasteiger partial charge in [0.15, 0.2) is 5.11 Å². The zero-order valence-corrected chi connectivity index (χ0v) is 16.3. The lowest BCUT2D eigenvalue weighted by Gasteiger charge is -2.23. The number of hydrogen-bond donors (Lipinski definition) is 1. The third-order valence-electron chi connectivity index (χ3n) is 4.96. The molecule has 0 bridgehead atoms. The van der Waals surface area contributed by atoms with Gasteiger partial charge in [0.2, 0.25) is 5.91 Å². The Morgan fingerprint density at radius 2 is 1.82 bits per heavy atom. The number of benzene rings is 2. The lowest BCUT2D eigenvalue weighted by atomic mass is 10.1. The Balaban J connectivity index is 1.51. The molecule has 1 atom stereocenters. The average molecular weight is 395 g/mol. The number of nitrogens with one attached hydrogen (secondary N) is 1.